The molecule has 0 radical (unpaired) electrons. The lowest BCUT2D eigenvalue weighted by molar-refractivity contribution is -0.143. The number of benzene rings is 3. The molecule has 1 aliphatic carbocycles. The number of hydrogen-bond acceptors (Lipinski definition) is 3. The van der Waals surface area contributed by atoms with Gasteiger partial charge in [0.25, 0.3) is 5.91 Å². The van der Waals surface area contributed by atoms with Gasteiger partial charge in [-0.1, -0.05) is 54.6 Å². The predicted molar refractivity (Wildman–Crippen MR) is 157 cm³/mol. The molecule has 1 atom stereocenters. The highest BCUT2D eigenvalue weighted by molar-refractivity contribution is 5.99. The maximum atomic E-state index is 13.2. The maximum absolute atomic E-state index is 13.2. The molecule has 1 heterocycles. The molecule has 1 saturated carbocycles. The number of hydrogen-bond donors (Lipinski definition) is 1. The summed E-state index contributed by atoms with van der Waals surface area (Å²) in [5.74, 6) is -0.238. The molecule has 1 aromatic heterocycles. The van der Waals surface area contributed by atoms with Gasteiger partial charge in [0.05, 0.1) is 18.6 Å². The smallest absolute Gasteiger partial charge is 0.316 e. The number of esters is 1. The summed E-state index contributed by atoms with van der Waals surface area (Å²) < 4.78 is 7.32. The fourth-order valence-electron chi connectivity index (χ4n) is 5.47. The van der Waals surface area contributed by atoms with Crippen molar-refractivity contribution in [2.75, 3.05) is 7.11 Å². The minimum Gasteiger partial charge on any atom is -0.468 e. The number of aryl methyl sites for hydroxylation is 1. The Labute approximate surface area is 230 Å². The van der Waals surface area contributed by atoms with Crippen molar-refractivity contribution in [1.82, 2.24) is 9.88 Å². The molecule has 200 valence electrons. The predicted octanol–water partition coefficient (Wildman–Crippen LogP) is 7.04. The molecule has 1 fully saturated rings. The Morgan fingerprint density at radius 2 is 1.74 bits per heavy atom. The zero-order valence-corrected chi connectivity index (χ0v) is 23.4. The molecule has 5 rings (SSSR count). The van der Waals surface area contributed by atoms with E-state index < -0.39 is 5.41 Å². The molecule has 5 nitrogen and oxygen atoms in total. The van der Waals surface area contributed by atoms with E-state index in [0.717, 1.165) is 51.6 Å². The first kappa shape index (κ1) is 26.5. The van der Waals surface area contributed by atoms with Crippen LogP contribution in [0.2, 0.25) is 0 Å². The normalized spacial score (nSPS) is 14.6. The summed E-state index contributed by atoms with van der Waals surface area (Å²) >= 11 is 0. The number of methoxy groups -OCH3 is 1. The van der Waals surface area contributed by atoms with Crippen LogP contribution in [0.4, 0.5) is 0 Å². The topological polar surface area (TPSA) is 60.3 Å². The third-order valence-electron chi connectivity index (χ3n) is 8.30. The largest absolute Gasteiger partial charge is 0.468 e. The molecule has 0 bridgehead atoms. The molecule has 0 aliphatic heterocycles. The highest BCUT2D eigenvalue weighted by atomic mass is 16.5. The average Bonchev–Trinajstić information content (AvgIpc) is 3.73. The zero-order chi connectivity index (χ0) is 27.9. The molecule has 1 amide bonds. The number of fused-ring (bicyclic) bond motifs is 1. The first-order chi connectivity index (χ1) is 18.6. The van der Waals surface area contributed by atoms with Gasteiger partial charge in [-0.25, -0.2) is 0 Å². The van der Waals surface area contributed by atoms with Gasteiger partial charge in [0.2, 0.25) is 0 Å². The number of carbonyl (C=O) groups is 2. The number of nitrogens with zero attached hydrogens (tertiary/aromatic N) is 1. The third kappa shape index (κ3) is 4.89. The van der Waals surface area contributed by atoms with Crippen molar-refractivity contribution in [1.29, 1.82) is 0 Å². The van der Waals surface area contributed by atoms with Crippen LogP contribution in [0.3, 0.4) is 0 Å². The second-order valence-corrected chi connectivity index (χ2v) is 10.9. The van der Waals surface area contributed by atoms with Crippen molar-refractivity contribution in [2.24, 2.45) is 0 Å². The molecule has 0 saturated heterocycles. The van der Waals surface area contributed by atoms with E-state index in [1.807, 2.05) is 50.2 Å². The fourth-order valence-corrected chi connectivity index (χ4v) is 5.47. The Kier molecular flexibility index (Phi) is 6.94. The van der Waals surface area contributed by atoms with Crippen LogP contribution >= 0.6 is 0 Å². The molecule has 1 N–H and O–H groups in total. The van der Waals surface area contributed by atoms with Gasteiger partial charge in [-0.05, 0) is 92.6 Å². The lowest BCUT2D eigenvalue weighted by atomic mass is 9.95. The Bertz CT molecular complexity index is 1590. The summed E-state index contributed by atoms with van der Waals surface area (Å²) in [4.78, 5) is 25.5. The summed E-state index contributed by atoms with van der Waals surface area (Å²) in [5, 5.41) is 4.23. The van der Waals surface area contributed by atoms with Crippen LogP contribution in [0, 0.1) is 13.8 Å². The molecular weight excluding hydrogens is 484 g/mol. The van der Waals surface area contributed by atoms with Crippen LogP contribution < -0.4 is 5.32 Å². The van der Waals surface area contributed by atoms with Crippen LogP contribution in [-0.2, 0) is 21.5 Å². The Morgan fingerprint density at radius 1 is 1.03 bits per heavy atom. The summed E-state index contributed by atoms with van der Waals surface area (Å²) in [5.41, 5.74) is 8.94. The Hall–Kier alpha value is -4.12. The zero-order valence-electron chi connectivity index (χ0n) is 23.4. The van der Waals surface area contributed by atoms with Gasteiger partial charge in [0.1, 0.15) is 0 Å². The summed E-state index contributed by atoms with van der Waals surface area (Å²) in [7, 11) is 1.46. The summed E-state index contributed by atoms with van der Waals surface area (Å²) in [6, 6.07) is 22.3. The van der Waals surface area contributed by atoms with Gasteiger partial charge in [-0.3, -0.25) is 9.59 Å². The highest BCUT2D eigenvalue weighted by Crippen LogP contribution is 2.49. The molecule has 1 aliphatic rings. The van der Waals surface area contributed by atoms with Gasteiger partial charge >= 0.3 is 5.97 Å². The molecule has 5 heteroatoms. The van der Waals surface area contributed by atoms with Crippen molar-refractivity contribution >= 4 is 28.4 Å². The molecular formula is C34H36N2O3. The number of carbonyl (C=O) groups excluding carboxylic acids is 2. The van der Waals surface area contributed by atoms with Gasteiger partial charge < -0.3 is 14.6 Å². The molecule has 4 aromatic rings. The molecule has 3 aromatic carbocycles. The average molecular weight is 521 g/mol. The number of amides is 1. The second-order valence-electron chi connectivity index (χ2n) is 10.9. The highest BCUT2D eigenvalue weighted by Gasteiger charge is 2.52. The quantitative estimate of drug-likeness (QED) is 0.254. The van der Waals surface area contributed by atoms with Crippen LogP contribution in [0.25, 0.3) is 16.5 Å². The Morgan fingerprint density at radius 3 is 2.38 bits per heavy atom. The lowest BCUT2D eigenvalue weighted by Crippen LogP contribution is -2.26. The number of rotatable bonds is 8. The van der Waals surface area contributed by atoms with Crippen molar-refractivity contribution in [3.05, 3.63) is 112 Å². The van der Waals surface area contributed by atoms with Gasteiger partial charge in [0, 0.05) is 28.7 Å². The van der Waals surface area contributed by atoms with E-state index in [-0.39, 0.29) is 17.9 Å². The van der Waals surface area contributed by atoms with E-state index >= 15 is 0 Å². The van der Waals surface area contributed by atoms with E-state index in [1.165, 1.54) is 18.4 Å². The number of allylic oxidation sites excluding steroid dienone is 1. The summed E-state index contributed by atoms with van der Waals surface area (Å²) in [6.45, 7) is 13.0. The number of ether oxygens (including phenoxy) is 1. The van der Waals surface area contributed by atoms with Crippen molar-refractivity contribution in [2.45, 2.75) is 58.5 Å². The minimum absolute atomic E-state index is 0.0925. The van der Waals surface area contributed by atoms with Gasteiger partial charge in [0.15, 0.2) is 0 Å². The monoisotopic (exact) mass is 520 g/mol. The number of aromatic nitrogens is 1. The fraction of sp³-hybridized carbons (Fsp3) is 0.294. The van der Waals surface area contributed by atoms with E-state index in [9.17, 15) is 9.59 Å². The lowest BCUT2D eigenvalue weighted by Gasteiger charge is -2.16. The van der Waals surface area contributed by atoms with Gasteiger partial charge in [-0.2, -0.15) is 0 Å². The second kappa shape index (κ2) is 10.2. The molecule has 39 heavy (non-hydrogen) atoms. The van der Waals surface area contributed by atoms with Crippen LogP contribution in [0.5, 0.6) is 0 Å². The molecule has 1 unspecified atom stereocenters. The van der Waals surface area contributed by atoms with Crippen molar-refractivity contribution in [3.8, 4) is 0 Å². The minimum atomic E-state index is -0.457. The first-order valence-corrected chi connectivity index (χ1v) is 13.5. The van der Waals surface area contributed by atoms with E-state index in [2.05, 4.69) is 60.6 Å². The molecule has 0 spiro atoms. The number of nitrogens with one attached hydrogen (secondary N) is 1. The first-order valence-electron chi connectivity index (χ1n) is 13.5. The summed E-state index contributed by atoms with van der Waals surface area (Å²) in [6.07, 6.45) is 1.68. The van der Waals surface area contributed by atoms with Crippen LogP contribution in [-0.4, -0.2) is 23.6 Å². The third-order valence-corrected chi connectivity index (χ3v) is 8.30. The van der Waals surface area contributed by atoms with Crippen molar-refractivity contribution < 1.29 is 14.3 Å². The SMILES string of the molecule is C=C(C)c1cccc(C(C)NC(=O)c2ccc3c(c2)c(C)c(C)n3Cc2ccc(C3(C(=O)OC)CC3)cc2)c1. The Balaban J connectivity index is 1.36. The van der Waals surface area contributed by atoms with E-state index in [1.54, 1.807) is 0 Å². The van der Waals surface area contributed by atoms with E-state index in [0.29, 0.717) is 12.1 Å². The van der Waals surface area contributed by atoms with Crippen LogP contribution in [0.15, 0.2) is 73.3 Å². The standard InChI is InChI=1S/C34H36N2O3/c1-21(2)26-8-7-9-27(18-26)23(4)35-32(37)28-12-15-31-30(19-28)22(3)24(5)36(31)20-25-10-13-29(14-11-25)34(16-17-34)33(38)39-6/h7-15,18-19,23H,1,16-17,20H2,2-6H3,(H,35,37). The maximum Gasteiger partial charge on any atom is 0.316 e. The van der Waals surface area contributed by atoms with Crippen molar-refractivity contribution in [3.63, 3.8) is 0 Å². The van der Waals surface area contributed by atoms with Gasteiger partial charge in [-0.15, -0.1) is 0 Å². The van der Waals surface area contributed by atoms with E-state index in [4.69, 9.17) is 4.74 Å². The van der Waals surface area contributed by atoms with Crippen LogP contribution in [0.1, 0.15) is 76.6 Å².